The molecular weight excluding hydrogens is 384 g/mol. The summed E-state index contributed by atoms with van der Waals surface area (Å²) in [6, 6.07) is 13.1. The van der Waals surface area contributed by atoms with E-state index in [1.54, 1.807) is 29.2 Å². The largest absolute Gasteiger partial charge is 0.439 e. The molecule has 0 spiro atoms. The van der Waals surface area contributed by atoms with Crippen LogP contribution in [0.2, 0.25) is 0 Å². The lowest BCUT2D eigenvalue weighted by Crippen LogP contribution is -2.28. The smallest absolute Gasteiger partial charge is 0.326 e. The predicted octanol–water partition coefficient (Wildman–Crippen LogP) is 2.51. The maximum Gasteiger partial charge on any atom is 0.439 e. The molecule has 2 aromatic carbocycles. The van der Waals surface area contributed by atoms with Gasteiger partial charge in [-0.2, -0.15) is 0 Å². The molecule has 2 amide bonds. The van der Waals surface area contributed by atoms with Crippen LogP contribution in [0.5, 0.6) is 0 Å². The number of nitrogens with one attached hydrogen (secondary N) is 2. The van der Waals surface area contributed by atoms with E-state index in [0.717, 1.165) is 24.9 Å². The van der Waals surface area contributed by atoms with Gasteiger partial charge >= 0.3 is 5.76 Å². The lowest BCUT2D eigenvalue weighted by molar-refractivity contribution is -0.122. The van der Waals surface area contributed by atoms with E-state index in [0.29, 0.717) is 17.8 Å². The zero-order valence-corrected chi connectivity index (χ0v) is 16.2. The SMILES string of the molecule is O=C(Nc1cccc(-c2noc(=O)[nH]2)c1)C1CC(=O)N(c2ccc3c(c2)CCC3)C1. The van der Waals surface area contributed by atoms with Crippen molar-refractivity contribution in [2.24, 2.45) is 5.92 Å². The summed E-state index contributed by atoms with van der Waals surface area (Å²) in [5, 5.41) is 6.52. The first-order valence-electron chi connectivity index (χ1n) is 9.96. The van der Waals surface area contributed by atoms with Crippen molar-refractivity contribution in [1.82, 2.24) is 10.1 Å². The molecule has 0 radical (unpaired) electrons. The molecule has 1 aliphatic carbocycles. The van der Waals surface area contributed by atoms with Crippen LogP contribution < -0.4 is 16.0 Å². The average Bonchev–Trinajstić information content (AvgIpc) is 3.47. The highest BCUT2D eigenvalue weighted by atomic mass is 16.5. The van der Waals surface area contributed by atoms with Gasteiger partial charge in [-0.3, -0.25) is 19.1 Å². The van der Waals surface area contributed by atoms with E-state index >= 15 is 0 Å². The van der Waals surface area contributed by atoms with E-state index in [4.69, 9.17) is 0 Å². The van der Waals surface area contributed by atoms with Crippen LogP contribution in [0.3, 0.4) is 0 Å². The molecule has 1 aliphatic heterocycles. The van der Waals surface area contributed by atoms with Crippen LogP contribution in [0.1, 0.15) is 24.0 Å². The van der Waals surface area contributed by atoms with Crippen LogP contribution in [0.4, 0.5) is 11.4 Å². The van der Waals surface area contributed by atoms with Crippen LogP contribution in [-0.2, 0) is 22.4 Å². The second kappa shape index (κ2) is 7.29. The van der Waals surface area contributed by atoms with E-state index in [1.807, 2.05) is 6.07 Å². The number of nitrogens with zero attached hydrogens (tertiary/aromatic N) is 2. The molecule has 1 atom stereocenters. The number of carbonyl (C=O) groups is 2. The number of benzene rings is 2. The molecule has 2 N–H and O–H groups in total. The summed E-state index contributed by atoms with van der Waals surface area (Å²) in [5.74, 6) is -1.04. The molecule has 8 nitrogen and oxygen atoms in total. The normalized spacial score (nSPS) is 17.9. The van der Waals surface area contributed by atoms with Gasteiger partial charge in [-0.25, -0.2) is 4.79 Å². The lowest BCUT2D eigenvalue weighted by atomic mass is 10.1. The van der Waals surface area contributed by atoms with E-state index in [-0.39, 0.29) is 24.1 Å². The summed E-state index contributed by atoms with van der Waals surface area (Å²) in [6.45, 7) is 0.361. The Morgan fingerprint density at radius 2 is 2.00 bits per heavy atom. The minimum Gasteiger partial charge on any atom is -0.326 e. The van der Waals surface area contributed by atoms with Gasteiger partial charge in [-0.15, -0.1) is 0 Å². The number of fused-ring (bicyclic) bond motifs is 1. The number of aryl methyl sites for hydroxylation is 2. The van der Waals surface area contributed by atoms with Crippen molar-refractivity contribution in [3.8, 4) is 11.4 Å². The molecule has 1 saturated heterocycles. The first-order chi connectivity index (χ1) is 14.6. The van der Waals surface area contributed by atoms with Gasteiger partial charge in [-0.05, 0) is 54.7 Å². The fraction of sp³-hybridized carbons (Fsp3) is 0.273. The Bertz CT molecular complexity index is 1200. The number of hydrogen-bond acceptors (Lipinski definition) is 5. The zero-order valence-electron chi connectivity index (χ0n) is 16.2. The molecular formula is C22H20N4O4. The van der Waals surface area contributed by atoms with Crippen LogP contribution in [-0.4, -0.2) is 28.5 Å². The average molecular weight is 404 g/mol. The van der Waals surface area contributed by atoms with Crippen molar-refractivity contribution >= 4 is 23.2 Å². The van der Waals surface area contributed by atoms with Crippen molar-refractivity contribution in [2.75, 3.05) is 16.8 Å². The molecule has 1 aromatic heterocycles. The number of anilines is 2. The fourth-order valence-corrected chi connectivity index (χ4v) is 4.20. The van der Waals surface area contributed by atoms with Gasteiger partial charge < -0.3 is 10.2 Å². The molecule has 0 saturated carbocycles. The third-order valence-corrected chi connectivity index (χ3v) is 5.73. The topological polar surface area (TPSA) is 108 Å². The summed E-state index contributed by atoms with van der Waals surface area (Å²) in [5.41, 5.74) is 4.70. The van der Waals surface area contributed by atoms with Crippen molar-refractivity contribution in [3.63, 3.8) is 0 Å². The first-order valence-corrected chi connectivity index (χ1v) is 9.96. The van der Waals surface area contributed by atoms with Gasteiger partial charge in [0.2, 0.25) is 11.8 Å². The number of hydrogen-bond donors (Lipinski definition) is 2. The molecule has 5 rings (SSSR count). The molecule has 0 bridgehead atoms. The van der Waals surface area contributed by atoms with Gasteiger partial charge in [0.25, 0.3) is 0 Å². The molecule has 1 fully saturated rings. The van der Waals surface area contributed by atoms with Crippen LogP contribution in [0, 0.1) is 5.92 Å². The molecule has 152 valence electrons. The summed E-state index contributed by atoms with van der Waals surface area (Å²) in [7, 11) is 0. The number of aromatic nitrogens is 2. The molecule has 2 aliphatic rings. The standard InChI is InChI=1S/C22H20N4O4/c27-19-11-16(12-26(19)18-8-7-13-3-1-4-14(13)10-18)21(28)23-17-6-2-5-15(9-17)20-24-22(29)30-25-20/h2,5-10,16H,1,3-4,11-12H2,(H,23,28)(H,24,25,29). The lowest BCUT2D eigenvalue weighted by Gasteiger charge is -2.18. The first kappa shape index (κ1) is 18.4. The van der Waals surface area contributed by atoms with Crippen molar-refractivity contribution in [2.45, 2.75) is 25.7 Å². The number of aromatic amines is 1. The van der Waals surface area contributed by atoms with Gasteiger partial charge in [0.15, 0.2) is 5.82 Å². The Labute approximate surface area is 171 Å². The zero-order chi connectivity index (χ0) is 20.7. The molecule has 1 unspecified atom stereocenters. The Balaban J connectivity index is 1.29. The number of H-pyrrole nitrogens is 1. The molecule has 8 heteroatoms. The Morgan fingerprint density at radius 3 is 2.83 bits per heavy atom. The predicted molar refractivity (Wildman–Crippen MR) is 110 cm³/mol. The maximum atomic E-state index is 12.8. The summed E-state index contributed by atoms with van der Waals surface area (Å²) >= 11 is 0. The number of carbonyl (C=O) groups excluding carboxylic acids is 2. The highest BCUT2D eigenvalue weighted by Gasteiger charge is 2.35. The highest BCUT2D eigenvalue weighted by Crippen LogP contribution is 2.31. The molecule has 3 aromatic rings. The van der Waals surface area contributed by atoms with Crippen molar-refractivity contribution in [1.29, 1.82) is 0 Å². The van der Waals surface area contributed by atoms with Crippen LogP contribution in [0.15, 0.2) is 51.8 Å². The Hall–Kier alpha value is -3.68. The van der Waals surface area contributed by atoms with Gasteiger partial charge in [-0.1, -0.05) is 23.4 Å². The fourth-order valence-electron chi connectivity index (χ4n) is 4.20. The maximum absolute atomic E-state index is 12.8. The number of rotatable bonds is 4. The minimum absolute atomic E-state index is 0.0398. The summed E-state index contributed by atoms with van der Waals surface area (Å²) in [4.78, 5) is 40.7. The minimum atomic E-state index is -0.643. The molecule has 30 heavy (non-hydrogen) atoms. The monoisotopic (exact) mass is 404 g/mol. The van der Waals surface area contributed by atoms with Gasteiger partial charge in [0.1, 0.15) is 0 Å². The van der Waals surface area contributed by atoms with Crippen LogP contribution >= 0.6 is 0 Å². The summed E-state index contributed by atoms with van der Waals surface area (Å²) < 4.78 is 4.52. The van der Waals surface area contributed by atoms with E-state index in [2.05, 4.69) is 32.1 Å². The Morgan fingerprint density at radius 1 is 1.13 bits per heavy atom. The third kappa shape index (κ3) is 3.41. The van der Waals surface area contributed by atoms with Crippen molar-refractivity contribution in [3.05, 3.63) is 64.1 Å². The van der Waals surface area contributed by atoms with Gasteiger partial charge in [0, 0.05) is 29.9 Å². The van der Waals surface area contributed by atoms with Crippen LogP contribution in [0.25, 0.3) is 11.4 Å². The summed E-state index contributed by atoms with van der Waals surface area (Å²) in [6.07, 6.45) is 3.47. The van der Waals surface area contributed by atoms with Crippen molar-refractivity contribution < 1.29 is 14.1 Å². The third-order valence-electron chi connectivity index (χ3n) is 5.73. The Kier molecular flexibility index (Phi) is 4.46. The second-order valence-electron chi connectivity index (χ2n) is 7.73. The highest BCUT2D eigenvalue weighted by molar-refractivity contribution is 6.03. The second-order valence-corrected chi connectivity index (χ2v) is 7.73. The van der Waals surface area contributed by atoms with E-state index in [9.17, 15) is 14.4 Å². The molecule has 2 heterocycles. The quantitative estimate of drug-likeness (QED) is 0.695. The number of amides is 2. The van der Waals surface area contributed by atoms with E-state index in [1.165, 1.54) is 11.1 Å². The van der Waals surface area contributed by atoms with Gasteiger partial charge in [0.05, 0.1) is 5.92 Å². The van der Waals surface area contributed by atoms with E-state index < -0.39 is 11.7 Å².